The fraction of sp³-hybridized carbons (Fsp3) is 0.304. The first-order chi connectivity index (χ1) is 14.9. The van der Waals surface area contributed by atoms with E-state index in [1.807, 2.05) is 36.4 Å². The molecule has 1 atom stereocenters. The number of benzene rings is 2. The van der Waals surface area contributed by atoms with Gasteiger partial charge in [0, 0.05) is 41.7 Å². The molecule has 2 aromatic carbocycles. The van der Waals surface area contributed by atoms with E-state index in [9.17, 15) is 14.7 Å². The van der Waals surface area contributed by atoms with E-state index in [0.29, 0.717) is 37.4 Å². The number of aliphatic hydroxyl groups is 1. The molecule has 1 aromatic heterocycles. The Morgan fingerprint density at radius 1 is 1.10 bits per heavy atom. The number of aromatic nitrogens is 1. The predicted octanol–water partition coefficient (Wildman–Crippen LogP) is 3.62. The van der Waals surface area contributed by atoms with Gasteiger partial charge in [0.05, 0.1) is 11.6 Å². The molecule has 0 radical (unpaired) electrons. The Morgan fingerprint density at radius 3 is 2.55 bits per heavy atom. The van der Waals surface area contributed by atoms with Crippen molar-refractivity contribution in [1.29, 1.82) is 0 Å². The van der Waals surface area contributed by atoms with Crippen LogP contribution in [-0.4, -0.2) is 51.1 Å². The highest BCUT2D eigenvalue weighted by molar-refractivity contribution is 6.30. The number of hydrogen-bond acceptors (Lipinski definition) is 3. The Bertz CT molecular complexity index is 1110. The molecular weight excluding hydrogens is 437 g/mol. The minimum Gasteiger partial charge on any atom is -0.393 e. The summed E-state index contributed by atoms with van der Waals surface area (Å²) in [4.78, 5) is 28.1. The van der Waals surface area contributed by atoms with Crippen molar-refractivity contribution in [3.63, 3.8) is 0 Å². The first-order valence-electron chi connectivity index (χ1n) is 10.2. The number of fused-ring (bicyclic) bond motifs is 1. The minimum absolute atomic E-state index is 0.183. The van der Waals surface area contributed by atoms with Gasteiger partial charge < -0.3 is 15.3 Å². The summed E-state index contributed by atoms with van der Waals surface area (Å²) in [6.45, 7) is 0.912. The number of hydrogen-bond donors (Lipinski definition) is 2. The van der Waals surface area contributed by atoms with Crippen LogP contribution in [0.3, 0.4) is 0 Å². The standard InChI is InChI=1S/C23H23Cl2N3O3/c24-17-6-3-4-15(12-17)13-19(23(31)27-10-8-18(29)9-11-27)26-22(30)21-14-16-5-1-2-7-20(16)28(21)25/h1-7,12,14,18-19,29H,8-11,13H2,(H,26,30). The van der Waals surface area contributed by atoms with Crippen LogP contribution < -0.4 is 5.32 Å². The van der Waals surface area contributed by atoms with Crippen LogP contribution in [0.2, 0.25) is 5.02 Å². The number of likely N-dealkylation sites (tertiary alicyclic amines) is 1. The van der Waals surface area contributed by atoms with Crippen LogP contribution in [0.25, 0.3) is 10.9 Å². The van der Waals surface area contributed by atoms with Gasteiger partial charge in [-0.05, 0) is 42.7 Å². The lowest BCUT2D eigenvalue weighted by Gasteiger charge is -2.32. The largest absolute Gasteiger partial charge is 0.393 e. The number of rotatable bonds is 5. The average Bonchev–Trinajstić information content (AvgIpc) is 3.10. The maximum absolute atomic E-state index is 13.3. The third-order valence-corrected chi connectivity index (χ3v) is 6.19. The molecule has 6 nitrogen and oxygen atoms in total. The fourth-order valence-corrected chi connectivity index (χ4v) is 4.41. The summed E-state index contributed by atoms with van der Waals surface area (Å²) in [5.74, 6) is -0.610. The first-order valence-corrected chi connectivity index (χ1v) is 10.9. The molecule has 2 amide bonds. The van der Waals surface area contributed by atoms with E-state index < -0.39 is 18.1 Å². The number of amides is 2. The van der Waals surface area contributed by atoms with Gasteiger partial charge in [-0.25, -0.2) is 4.09 Å². The van der Waals surface area contributed by atoms with E-state index in [2.05, 4.69) is 5.32 Å². The SMILES string of the molecule is O=C(NC(Cc1cccc(Cl)c1)C(=O)N1CCC(O)CC1)c1cc2ccccc2n1Cl. The zero-order chi connectivity index (χ0) is 22.0. The second-order valence-corrected chi connectivity index (χ2v) is 8.56. The molecule has 31 heavy (non-hydrogen) atoms. The lowest BCUT2D eigenvalue weighted by molar-refractivity contribution is -0.135. The monoisotopic (exact) mass is 459 g/mol. The molecule has 162 valence electrons. The lowest BCUT2D eigenvalue weighted by Crippen LogP contribution is -2.52. The molecule has 0 aliphatic carbocycles. The van der Waals surface area contributed by atoms with Crippen molar-refractivity contribution in [2.75, 3.05) is 13.1 Å². The number of halogens is 2. The zero-order valence-electron chi connectivity index (χ0n) is 16.8. The Kier molecular flexibility index (Phi) is 6.51. The molecule has 0 bridgehead atoms. The van der Waals surface area contributed by atoms with E-state index in [4.69, 9.17) is 23.4 Å². The third-order valence-electron chi connectivity index (χ3n) is 5.59. The molecule has 0 spiro atoms. The van der Waals surface area contributed by atoms with E-state index in [-0.39, 0.29) is 11.6 Å². The summed E-state index contributed by atoms with van der Waals surface area (Å²) >= 11 is 12.5. The summed E-state index contributed by atoms with van der Waals surface area (Å²) in [6, 6.07) is 15.6. The van der Waals surface area contributed by atoms with Gasteiger partial charge in [0.25, 0.3) is 5.91 Å². The second kappa shape index (κ2) is 9.30. The number of nitrogens with zero attached hydrogens (tertiary/aromatic N) is 2. The van der Waals surface area contributed by atoms with Crippen LogP contribution in [0.15, 0.2) is 54.6 Å². The van der Waals surface area contributed by atoms with Crippen LogP contribution in [0.1, 0.15) is 28.9 Å². The lowest BCUT2D eigenvalue weighted by atomic mass is 10.0. The van der Waals surface area contributed by atoms with E-state index >= 15 is 0 Å². The Labute approximate surface area is 190 Å². The van der Waals surface area contributed by atoms with E-state index in [1.165, 1.54) is 4.09 Å². The Hall–Kier alpha value is -2.54. The normalized spacial score (nSPS) is 15.8. The van der Waals surface area contributed by atoms with Crippen molar-refractivity contribution < 1.29 is 14.7 Å². The molecule has 1 unspecified atom stereocenters. The third kappa shape index (κ3) is 4.87. The van der Waals surface area contributed by atoms with Gasteiger partial charge in [-0.1, -0.05) is 41.9 Å². The van der Waals surface area contributed by atoms with Gasteiger partial charge in [-0.15, -0.1) is 0 Å². The highest BCUT2D eigenvalue weighted by Crippen LogP contribution is 2.22. The molecule has 1 aliphatic rings. The summed E-state index contributed by atoms with van der Waals surface area (Å²) in [7, 11) is 0. The molecular formula is C23H23Cl2N3O3. The molecule has 1 saturated heterocycles. The molecule has 0 saturated carbocycles. The van der Waals surface area contributed by atoms with Gasteiger partial charge in [-0.2, -0.15) is 0 Å². The highest BCUT2D eigenvalue weighted by Gasteiger charge is 2.30. The maximum atomic E-state index is 13.3. The van der Waals surface area contributed by atoms with Crippen LogP contribution in [-0.2, 0) is 11.2 Å². The Balaban J connectivity index is 1.59. The summed E-state index contributed by atoms with van der Waals surface area (Å²) in [5.41, 5.74) is 1.83. The predicted molar refractivity (Wildman–Crippen MR) is 121 cm³/mol. The smallest absolute Gasteiger partial charge is 0.269 e. The molecule has 8 heteroatoms. The maximum Gasteiger partial charge on any atom is 0.269 e. The molecule has 4 rings (SSSR count). The summed E-state index contributed by atoms with van der Waals surface area (Å²) in [5, 5.41) is 14.0. The molecule has 2 heterocycles. The molecule has 2 N–H and O–H groups in total. The Morgan fingerprint density at radius 2 is 1.84 bits per heavy atom. The van der Waals surface area contributed by atoms with Gasteiger partial charge in [-0.3, -0.25) is 9.59 Å². The first kappa shape index (κ1) is 21.7. The summed E-state index contributed by atoms with van der Waals surface area (Å²) in [6.07, 6.45) is 0.961. The number of para-hydroxylation sites is 1. The van der Waals surface area contributed by atoms with Crippen LogP contribution >= 0.6 is 23.4 Å². The van der Waals surface area contributed by atoms with Crippen molar-refractivity contribution in [1.82, 2.24) is 14.3 Å². The molecule has 1 fully saturated rings. The van der Waals surface area contributed by atoms with Gasteiger partial charge >= 0.3 is 0 Å². The minimum atomic E-state index is -0.782. The van der Waals surface area contributed by atoms with E-state index in [0.717, 1.165) is 16.5 Å². The van der Waals surface area contributed by atoms with Crippen molar-refractivity contribution in [2.45, 2.75) is 31.4 Å². The quantitative estimate of drug-likeness (QED) is 0.611. The molecule has 1 aliphatic heterocycles. The zero-order valence-corrected chi connectivity index (χ0v) is 18.3. The van der Waals surface area contributed by atoms with Crippen molar-refractivity contribution in [3.05, 3.63) is 70.9 Å². The van der Waals surface area contributed by atoms with Crippen molar-refractivity contribution in [2.24, 2.45) is 0 Å². The van der Waals surface area contributed by atoms with E-state index in [1.54, 1.807) is 23.1 Å². The number of carbonyl (C=O) groups is 2. The molecule has 3 aromatic rings. The van der Waals surface area contributed by atoms with Gasteiger partial charge in [0.15, 0.2) is 0 Å². The van der Waals surface area contributed by atoms with Crippen molar-refractivity contribution in [3.8, 4) is 0 Å². The number of aliphatic hydroxyl groups excluding tert-OH is 1. The second-order valence-electron chi connectivity index (χ2n) is 7.79. The van der Waals surface area contributed by atoms with Crippen LogP contribution in [0.5, 0.6) is 0 Å². The van der Waals surface area contributed by atoms with Gasteiger partial charge in [0.1, 0.15) is 11.7 Å². The topological polar surface area (TPSA) is 74.6 Å². The van der Waals surface area contributed by atoms with Crippen molar-refractivity contribution >= 4 is 46.1 Å². The number of piperidine rings is 1. The summed E-state index contributed by atoms with van der Waals surface area (Å²) < 4.78 is 1.31. The van der Waals surface area contributed by atoms with Crippen LogP contribution in [0.4, 0.5) is 0 Å². The number of nitrogens with one attached hydrogen (secondary N) is 1. The van der Waals surface area contributed by atoms with Crippen LogP contribution in [0, 0.1) is 0 Å². The fourth-order valence-electron chi connectivity index (χ4n) is 3.92. The average molecular weight is 460 g/mol. The van der Waals surface area contributed by atoms with Gasteiger partial charge in [0.2, 0.25) is 5.91 Å². The number of carbonyl (C=O) groups excluding carboxylic acids is 2. The highest BCUT2D eigenvalue weighted by atomic mass is 35.5.